The minimum Gasteiger partial charge on any atom is -0.467 e. The molecule has 1 rings (SSSR count). The Morgan fingerprint density at radius 2 is 1.88 bits per heavy atom. The van der Waals surface area contributed by atoms with Crippen LogP contribution in [-0.2, 0) is 30.0 Å². The van der Waals surface area contributed by atoms with Crippen molar-refractivity contribution < 1.29 is 33.0 Å². The molecule has 0 heterocycles. The summed E-state index contributed by atoms with van der Waals surface area (Å²) in [5.41, 5.74) is 0.779. The maximum atomic E-state index is 12.0. The predicted molar refractivity (Wildman–Crippen MR) is 86.2 cm³/mol. The third-order valence-corrected chi connectivity index (χ3v) is 4.07. The molecule has 1 amide bonds. The number of methoxy groups -OCH3 is 1. The van der Waals surface area contributed by atoms with Gasteiger partial charge in [-0.05, 0) is 11.5 Å². The van der Waals surface area contributed by atoms with Crippen LogP contribution < -0.4 is 5.32 Å². The van der Waals surface area contributed by atoms with Crippen molar-refractivity contribution in [1.29, 1.82) is 0 Å². The lowest BCUT2D eigenvalue weighted by Crippen LogP contribution is -2.32. The van der Waals surface area contributed by atoms with Crippen LogP contribution in [0.4, 0.5) is 4.79 Å². The summed E-state index contributed by atoms with van der Waals surface area (Å²) in [6.07, 6.45) is -2.75. The van der Waals surface area contributed by atoms with Gasteiger partial charge in [0, 0.05) is 0 Å². The molecule has 2 N–H and O–H groups in total. The molecule has 1 aromatic carbocycles. The summed E-state index contributed by atoms with van der Waals surface area (Å²) in [5.74, 6) is -1.13. The first-order valence-electron chi connectivity index (χ1n) is 7.27. The van der Waals surface area contributed by atoms with Crippen molar-refractivity contribution in [3.8, 4) is 0 Å². The van der Waals surface area contributed by atoms with E-state index < -0.39 is 32.0 Å². The van der Waals surface area contributed by atoms with Gasteiger partial charge in [-0.3, -0.25) is 9.09 Å². The van der Waals surface area contributed by atoms with E-state index in [0.29, 0.717) is 0 Å². The number of amides is 1. The molecule has 0 aliphatic heterocycles. The molecule has 0 bridgehead atoms. The second kappa shape index (κ2) is 9.42. The Hall–Kier alpha value is -1.89. The molecule has 0 aromatic heterocycles. The van der Waals surface area contributed by atoms with Crippen LogP contribution >= 0.6 is 7.60 Å². The fraction of sp³-hybridized carbons (Fsp3) is 0.467. The Kier molecular flexibility index (Phi) is 7.91. The van der Waals surface area contributed by atoms with Gasteiger partial charge in [-0.1, -0.05) is 44.2 Å². The SMILES string of the molecule is COC(=O)[C@@H](OP(=O)(O)CNC(=O)OCc1ccccc1)C(C)C. The lowest BCUT2D eigenvalue weighted by atomic mass is 10.1. The molecule has 1 aromatic rings. The Bertz CT molecular complexity index is 591. The summed E-state index contributed by atoms with van der Waals surface area (Å²) in [6.45, 7) is 3.31. The highest BCUT2D eigenvalue weighted by Gasteiger charge is 2.33. The van der Waals surface area contributed by atoms with Gasteiger partial charge in [-0.15, -0.1) is 0 Å². The first-order chi connectivity index (χ1) is 11.2. The van der Waals surface area contributed by atoms with E-state index in [4.69, 9.17) is 9.26 Å². The first-order valence-corrected chi connectivity index (χ1v) is 9.04. The average Bonchev–Trinajstić information content (AvgIpc) is 2.56. The second-order valence-electron chi connectivity index (χ2n) is 5.33. The molecule has 0 saturated heterocycles. The smallest absolute Gasteiger partial charge is 0.408 e. The molecule has 8 nitrogen and oxygen atoms in total. The monoisotopic (exact) mass is 359 g/mol. The number of carbonyl (C=O) groups is 2. The van der Waals surface area contributed by atoms with E-state index >= 15 is 0 Å². The Labute approximate surface area is 140 Å². The van der Waals surface area contributed by atoms with Crippen LogP contribution in [0, 0.1) is 5.92 Å². The van der Waals surface area contributed by atoms with Crippen molar-refractivity contribution in [2.24, 2.45) is 5.92 Å². The standard InChI is InChI=1S/C15H22NO7P/c1-11(2)13(14(17)21-3)23-24(19,20)10-16-15(18)22-9-12-7-5-4-6-8-12/h4-8,11,13H,9-10H2,1-3H3,(H,16,18)(H,19,20)/t13-/m0/s1. The van der Waals surface area contributed by atoms with Crippen molar-refractivity contribution in [3.63, 3.8) is 0 Å². The quantitative estimate of drug-likeness (QED) is 0.541. The van der Waals surface area contributed by atoms with Crippen LogP contribution in [0.15, 0.2) is 30.3 Å². The van der Waals surface area contributed by atoms with Crippen LogP contribution in [-0.4, -0.2) is 36.5 Å². The summed E-state index contributed by atoms with van der Waals surface area (Å²) in [4.78, 5) is 32.9. The van der Waals surface area contributed by atoms with Gasteiger partial charge in [0.2, 0.25) is 0 Å². The van der Waals surface area contributed by atoms with Crippen LogP contribution in [0.2, 0.25) is 0 Å². The van der Waals surface area contributed by atoms with Gasteiger partial charge in [0.1, 0.15) is 12.9 Å². The first kappa shape index (κ1) is 20.2. The summed E-state index contributed by atoms with van der Waals surface area (Å²) in [7, 11) is -3.08. The van der Waals surface area contributed by atoms with Gasteiger partial charge in [-0.25, -0.2) is 9.59 Å². The van der Waals surface area contributed by atoms with Gasteiger partial charge in [0.15, 0.2) is 6.10 Å². The maximum Gasteiger partial charge on any atom is 0.408 e. The fourth-order valence-corrected chi connectivity index (χ4v) is 2.79. The summed E-state index contributed by atoms with van der Waals surface area (Å²) >= 11 is 0. The number of ether oxygens (including phenoxy) is 2. The van der Waals surface area contributed by atoms with E-state index in [-0.39, 0.29) is 12.5 Å². The number of benzene rings is 1. The van der Waals surface area contributed by atoms with Crippen molar-refractivity contribution in [2.75, 3.05) is 13.4 Å². The summed E-state index contributed by atoms with van der Waals surface area (Å²) in [5, 5.41) is 2.14. The highest BCUT2D eigenvalue weighted by atomic mass is 31.2. The van der Waals surface area contributed by atoms with E-state index in [1.165, 1.54) is 0 Å². The van der Waals surface area contributed by atoms with Crippen molar-refractivity contribution in [3.05, 3.63) is 35.9 Å². The third-order valence-electron chi connectivity index (χ3n) is 2.95. The van der Waals surface area contributed by atoms with E-state index in [1.54, 1.807) is 38.1 Å². The van der Waals surface area contributed by atoms with Crippen LogP contribution in [0.1, 0.15) is 19.4 Å². The zero-order valence-electron chi connectivity index (χ0n) is 13.8. The average molecular weight is 359 g/mol. The lowest BCUT2D eigenvalue weighted by Gasteiger charge is -2.22. The molecule has 0 fully saturated rings. The molecule has 0 aliphatic rings. The van der Waals surface area contributed by atoms with Crippen molar-refractivity contribution in [1.82, 2.24) is 5.32 Å². The highest BCUT2D eigenvalue weighted by Crippen LogP contribution is 2.43. The zero-order valence-corrected chi connectivity index (χ0v) is 14.7. The molecule has 2 atom stereocenters. The Balaban J connectivity index is 2.47. The third kappa shape index (κ3) is 7.12. The van der Waals surface area contributed by atoms with E-state index in [2.05, 4.69) is 10.1 Å². The highest BCUT2D eigenvalue weighted by molar-refractivity contribution is 7.52. The topological polar surface area (TPSA) is 111 Å². The molecule has 0 saturated carbocycles. The van der Waals surface area contributed by atoms with E-state index in [9.17, 15) is 19.0 Å². The Morgan fingerprint density at radius 1 is 1.25 bits per heavy atom. The fourth-order valence-electron chi connectivity index (χ4n) is 1.71. The largest absolute Gasteiger partial charge is 0.467 e. The van der Waals surface area contributed by atoms with Gasteiger partial charge < -0.3 is 19.7 Å². The number of esters is 1. The van der Waals surface area contributed by atoms with Gasteiger partial charge in [0.25, 0.3) is 0 Å². The second-order valence-corrected chi connectivity index (χ2v) is 7.13. The molecular formula is C15H22NO7P. The van der Waals surface area contributed by atoms with Crippen molar-refractivity contribution in [2.45, 2.75) is 26.6 Å². The van der Waals surface area contributed by atoms with Gasteiger partial charge in [-0.2, -0.15) is 0 Å². The van der Waals surface area contributed by atoms with Crippen LogP contribution in [0.25, 0.3) is 0 Å². The number of alkyl carbamates (subject to hydrolysis) is 1. The summed E-state index contributed by atoms with van der Waals surface area (Å²) in [6, 6.07) is 8.97. The number of hydrogen-bond donors (Lipinski definition) is 2. The molecule has 0 radical (unpaired) electrons. The van der Waals surface area contributed by atoms with E-state index in [0.717, 1.165) is 12.7 Å². The minimum absolute atomic E-state index is 0.0278. The molecule has 0 spiro atoms. The van der Waals surface area contributed by atoms with Crippen LogP contribution in [0.5, 0.6) is 0 Å². The maximum absolute atomic E-state index is 12.0. The summed E-state index contributed by atoms with van der Waals surface area (Å²) < 4.78 is 26.4. The normalized spacial score (nSPS) is 14.5. The van der Waals surface area contributed by atoms with Crippen LogP contribution in [0.3, 0.4) is 0 Å². The lowest BCUT2D eigenvalue weighted by molar-refractivity contribution is -0.151. The Morgan fingerprint density at radius 3 is 2.42 bits per heavy atom. The molecule has 1 unspecified atom stereocenters. The van der Waals surface area contributed by atoms with Gasteiger partial charge >= 0.3 is 19.7 Å². The molecular weight excluding hydrogens is 337 g/mol. The number of carbonyl (C=O) groups excluding carboxylic acids is 2. The van der Waals surface area contributed by atoms with Crippen molar-refractivity contribution >= 4 is 19.7 Å². The zero-order chi connectivity index (χ0) is 18.2. The van der Waals surface area contributed by atoms with E-state index in [1.807, 2.05) is 6.07 Å². The molecule has 9 heteroatoms. The minimum atomic E-state index is -4.23. The number of nitrogens with one attached hydrogen (secondary N) is 1. The molecule has 134 valence electrons. The number of hydrogen-bond acceptors (Lipinski definition) is 6. The van der Waals surface area contributed by atoms with Gasteiger partial charge in [0.05, 0.1) is 7.11 Å². The predicted octanol–water partition coefficient (Wildman–Crippen LogP) is 2.27. The molecule has 24 heavy (non-hydrogen) atoms. The molecule has 0 aliphatic carbocycles. The number of rotatable bonds is 8.